The van der Waals surface area contributed by atoms with Gasteiger partial charge in [0, 0.05) is 19.7 Å². The summed E-state index contributed by atoms with van der Waals surface area (Å²) in [5.74, 6) is 0.0891. The predicted octanol–water partition coefficient (Wildman–Crippen LogP) is 1.14. The number of piperidine rings is 1. The Morgan fingerprint density at radius 1 is 1.56 bits per heavy atom. The molecule has 0 saturated carbocycles. The van der Waals surface area contributed by atoms with Crippen molar-refractivity contribution in [3.05, 3.63) is 0 Å². The summed E-state index contributed by atoms with van der Waals surface area (Å²) in [7, 11) is 0. The first-order valence-corrected chi connectivity index (χ1v) is 6.35. The second kappa shape index (κ2) is 6.86. The maximum absolute atomic E-state index is 12.0. The quantitative estimate of drug-likeness (QED) is 0.767. The number of nitrogens with zero attached hydrogens (tertiary/aromatic N) is 1. The van der Waals surface area contributed by atoms with Gasteiger partial charge in [-0.15, -0.1) is 0 Å². The summed E-state index contributed by atoms with van der Waals surface area (Å²) in [6, 6.07) is -0.328. The van der Waals surface area contributed by atoms with Crippen LogP contribution in [0.15, 0.2) is 0 Å². The highest BCUT2D eigenvalue weighted by molar-refractivity contribution is 5.81. The highest BCUT2D eigenvalue weighted by atomic mass is 16.5. The van der Waals surface area contributed by atoms with Gasteiger partial charge in [0.2, 0.25) is 5.91 Å². The first-order valence-electron chi connectivity index (χ1n) is 6.35. The maximum Gasteiger partial charge on any atom is 0.239 e. The molecule has 0 aliphatic carbocycles. The normalized spacial score (nSPS) is 23.2. The van der Waals surface area contributed by atoms with Gasteiger partial charge in [-0.2, -0.15) is 0 Å². The van der Waals surface area contributed by atoms with Crippen molar-refractivity contribution in [1.82, 2.24) is 4.90 Å². The van der Waals surface area contributed by atoms with E-state index in [9.17, 15) is 4.79 Å². The van der Waals surface area contributed by atoms with Crippen molar-refractivity contribution in [2.45, 2.75) is 51.7 Å². The third kappa shape index (κ3) is 3.76. The summed E-state index contributed by atoms with van der Waals surface area (Å²) in [6.45, 7) is 6.30. The van der Waals surface area contributed by atoms with Gasteiger partial charge in [-0.25, -0.2) is 0 Å². The van der Waals surface area contributed by atoms with Crippen molar-refractivity contribution in [2.24, 2.45) is 5.73 Å². The van der Waals surface area contributed by atoms with Gasteiger partial charge in [-0.3, -0.25) is 4.79 Å². The minimum Gasteiger partial charge on any atom is -0.377 e. The lowest BCUT2D eigenvalue weighted by atomic mass is 10.1. The SMILES string of the molecule is CCCC(N)C(=O)N1CCCC(OCC)C1. The van der Waals surface area contributed by atoms with Crippen molar-refractivity contribution in [3.8, 4) is 0 Å². The van der Waals surface area contributed by atoms with Crippen LogP contribution >= 0.6 is 0 Å². The zero-order valence-electron chi connectivity index (χ0n) is 10.4. The molecule has 2 unspecified atom stereocenters. The number of amides is 1. The molecule has 0 aromatic rings. The molecule has 1 amide bonds. The Balaban J connectivity index is 2.43. The standard InChI is InChI=1S/C12H24N2O2/c1-3-6-11(13)12(15)14-8-5-7-10(9-14)16-4-2/h10-11H,3-9,13H2,1-2H3. The minimum atomic E-state index is -0.328. The Bertz CT molecular complexity index is 219. The summed E-state index contributed by atoms with van der Waals surface area (Å²) in [5, 5.41) is 0. The van der Waals surface area contributed by atoms with Gasteiger partial charge in [0.05, 0.1) is 12.1 Å². The Hall–Kier alpha value is -0.610. The number of hydrogen-bond donors (Lipinski definition) is 1. The van der Waals surface area contributed by atoms with Crippen molar-refractivity contribution in [3.63, 3.8) is 0 Å². The Morgan fingerprint density at radius 3 is 2.94 bits per heavy atom. The number of carbonyl (C=O) groups is 1. The van der Waals surface area contributed by atoms with E-state index in [0.29, 0.717) is 13.2 Å². The van der Waals surface area contributed by atoms with Gasteiger partial charge in [0.1, 0.15) is 0 Å². The molecular formula is C12H24N2O2. The molecule has 2 N–H and O–H groups in total. The van der Waals surface area contributed by atoms with Gasteiger partial charge >= 0.3 is 0 Å². The van der Waals surface area contributed by atoms with E-state index in [1.807, 2.05) is 18.7 Å². The second-order valence-corrected chi connectivity index (χ2v) is 4.40. The van der Waals surface area contributed by atoms with Crippen LogP contribution in [0.3, 0.4) is 0 Å². The molecule has 1 rings (SSSR count). The minimum absolute atomic E-state index is 0.0891. The average molecular weight is 228 g/mol. The predicted molar refractivity (Wildman–Crippen MR) is 64.1 cm³/mol. The summed E-state index contributed by atoms with van der Waals surface area (Å²) < 4.78 is 5.57. The molecule has 2 atom stereocenters. The fraction of sp³-hybridized carbons (Fsp3) is 0.917. The van der Waals surface area contributed by atoms with Crippen LogP contribution < -0.4 is 5.73 Å². The third-order valence-corrected chi connectivity index (χ3v) is 3.01. The highest BCUT2D eigenvalue weighted by Crippen LogP contribution is 2.14. The molecule has 16 heavy (non-hydrogen) atoms. The lowest BCUT2D eigenvalue weighted by Gasteiger charge is -2.34. The molecule has 94 valence electrons. The van der Waals surface area contributed by atoms with Crippen molar-refractivity contribution in [1.29, 1.82) is 0 Å². The molecule has 1 aliphatic heterocycles. The first-order chi connectivity index (χ1) is 7.69. The number of nitrogens with two attached hydrogens (primary N) is 1. The van der Waals surface area contributed by atoms with Crippen LogP contribution in [0, 0.1) is 0 Å². The van der Waals surface area contributed by atoms with Crippen LogP contribution in [0.4, 0.5) is 0 Å². The third-order valence-electron chi connectivity index (χ3n) is 3.01. The topological polar surface area (TPSA) is 55.6 Å². The number of carbonyl (C=O) groups excluding carboxylic acids is 1. The van der Waals surface area contributed by atoms with Crippen LogP contribution in [0.25, 0.3) is 0 Å². The molecule has 1 fully saturated rings. The van der Waals surface area contributed by atoms with E-state index in [1.54, 1.807) is 0 Å². The summed E-state index contributed by atoms with van der Waals surface area (Å²) in [6.07, 6.45) is 4.01. The molecule has 4 heteroatoms. The van der Waals surface area contributed by atoms with E-state index in [-0.39, 0.29) is 18.1 Å². The lowest BCUT2D eigenvalue weighted by Crippen LogP contribution is -2.49. The van der Waals surface area contributed by atoms with Crippen molar-refractivity contribution in [2.75, 3.05) is 19.7 Å². The molecule has 1 heterocycles. The van der Waals surface area contributed by atoms with Crippen LogP contribution in [-0.2, 0) is 9.53 Å². The molecule has 0 radical (unpaired) electrons. The average Bonchev–Trinajstić information content (AvgIpc) is 2.29. The van der Waals surface area contributed by atoms with E-state index >= 15 is 0 Å². The molecule has 4 nitrogen and oxygen atoms in total. The van der Waals surface area contributed by atoms with Crippen LogP contribution in [0.1, 0.15) is 39.5 Å². The molecule has 0 spiro atoms. The van der Waals surface area contributed by atoms with Crippen LogP contribution in [-0.4, -0.2) is 42.6 Å². The number of ether oxygens (including phenoxy) is 1. The fourth-order valence-corrected chi connectivity index (χ4v) is 2.18. The Labute approximate surface area is 98.1 Å². The molecular weight excluding hydrogens is 204 g/mol. The molecule has 0 aromatic carbocycles. The van der Waals surface area contributed by atoms with E-state index in [2.05, 4.69) is 0 Å². The number of likely N-dealkylation sites (tertiary alicyclic amines) is 1. The van der Waals surface area contributed by atoms with Gasteiger partial charge in [-0.05, 0) is 26.2 Å². The zero-order chi connectivity index (χ0) is 12.0. The van der Waals surface area contributed by atoms with E-state index in [1.165, 1.54) is 0 Å². The first kappa shape index (κ1) is 13.5. The smallest absolute Gasteiger partial charge is 0.239 e. The highest BCUT2D eigenvalue weighted by Gasteiger charge is 2.26. The van der Waals surface area contributed by atoms with Crippen molar-refractivity contribution >= 4 is 5.91 Å². The van der Waals surface area contributed by atoms with Gasteiger partial charge in [0.15, 0.2) is 0 Å². The molecule has 1 saturated heterocycles. The van der Waals surface area contributed by atoms with E-state index in [4.69, 9.17) is 10.5 Å². The van der Waals surface area contributed by atoms with Crippen molar-refractivity contribution < 1.29 is 9.53 Å². The molecule has 0 aromatic heterocycles. The number of hydrogen-bond acceptors (Lipinski definition) is 3. The summed E-state index contributed by atoms with van der Waals surface area (Å²) >= 11 is 0. The lowest BCUT2D eigenvalue weighted by molar-refractivity contribution is -0.136. The Morgan fingerprint density at radius 2 is 2.31 bits per heavy atom. The van der Waals surface area contributed by atoms with E-state index < -0.39 is 0 Å². The van der Waals surface area contributed by atoms with Crippen LogP contribution in [0.5, 0.6) is 0 Å². The number of rotatable bonds is 5. The Kier molecular flexibility index (Phi) is 5.77. The zero-order valence-corrected chi connectivity index (χ0v) is 10.4. The van der Waals surface area contributed by atoms with Gasteiger partial charge in [-0.1, -0.05) is 13.3 Å². The molecule has 0 bridgehead atoms. The van der Waals surface area contributed by atoms with Gasteiger partial charge < -0.3 is 15.4 Å². The molecule has 1 aliphatic rings. The fourth-order valence-electron chi connectivity index (χ4n) is 2.18. The second-order valence-electron chi connectivity index (χ2n) is 4.40. The summed E-state index contributed by atoms with van der Waals surface area (Å²) in [4.78, 5) is 13.8. The monoisotopic (exact) mass is 228 g/mol. The summed E-state index contributed by atoms with van der Waals surface area (Å²) in [5.41, 5.74) is 5.85. The maximum atomic E-state index is 12.0. The van der Waals surface area contributed by atoms with Gasteiger partial charge in [0.25, 0.3) is 0 Å². The van der Waals surface area contributed by atoms with E-state index in [0.717, 1.165) is 32.2 Å². The largest absolute Gasteiger partial charge is 0.377 e. The van der Waals surface area contributed by atoms with Crippen LogP contribution in [0.2, 0.25) is 0 Å².